The summed E-state index contributed by atoms with van der Waals surface area (Å²) in [4.78, 5) is 10.9. The zero-order valence-corrected chi connectivity index (χ0v) is 9.39. The third-order valence-electron chi connectivity index (χ3n) is 1.29. The first-order valence-electron chi connectivity index (χ1n) is 4.96. The van der Waals surface area contributed by atoms with Gasteiger partial charge in [0.05, 0.1) is 32.2 Å². The fraction of sp³-hybridized carbons (Fsp3) is 0.700. The van der Waals surface area contributed by atoms with Crippen molar-refractivity contribution in [3.05, 3.63) is 12.3 Å². The van der Waals surface area contributed by atoms with Crippen molar-refractivity contribution in [1.29, 1.82) is 0 Å². The van der Waals surface area contributed by atoms with Crippen LogP contribution in [0.15, 0.2) is 12.3 Å². The minimum atomic E-state index is -0.773. The van der Waals surface area contributed by atoms with Crippen molar-refractivity contribution < 1.29 is 23.7 Å². The third kappa shape index (κ3) is 7.96. The van der Waals surface area contributed by atoms with Gasteiger partial charge in [0, 0.05) is 0 Å². The summed E-state index contributed by atoms with van der Waals surface area (Å²) in [7, 11) is 0. The van der Waals surface area contributed by atoms with E-state index < -0.39 is 12.4 Å². The molecule has 0 bridgehead atoms. The molecule has 0 atom stereocenters. The molecule has 0 radical (unpaired) electrons. The molecule has 5 heteroatoms. The average Bonchev–Trinajstić information content (AvgIpc) is 2.19. The van der Waals surface area contributed by atoms with Crippen LogP contribution in [0.5, 0.6) is 0 Å². The molecular weight excluding hydrogens is 200 g/mol. The van der Waals surface area contributed by atoms with Crippen LogP contribution in [0.3, 0.4) is 0 Å². The molecule has 0 aliphatic rings. The Bertz CT molecular complexity index is 184. The SMILES string of the molecule is CCOC(=O)/C=C/OC(OCC)OCC. The van der Waals surface area contributed by atoms with E-state index in [-0.39, 0.29) is 0 Å². The molecule has 0 rings (SSSR count). The maximum atomic E-state index is 10.9. The molecule has 5 nitrogen and oxygen atoms in total. The van der Waals surface area contributed by atoms with Crippen LogP contribution in [0.2, 0.25) is 0 Å². The minimum absolute atomic E-state index is 0.337. The first kappa shape index (κ1) is 13.9. The van der Waals surface area contributed by atoms with Gasteiger partial charge in [-0.3, -0.25) is 0 Å². The Balaban J connectivity index is 3.81. The lowest BCUT2D eigenvalue weighted by Gasteiger charge is -2.15. The van der Waals surface area contributed by atoms with Gasteiger partial charge in [-0.05, 0) is 20.8 Å². The summed E-state index contributed by atoms with van der Waals surface area (Å²) in [5.74, 6) is -0.454. The van der Waals surface area contributed by atoms with Crippen molar-refractivity contribution in [3.63, 3.8) is 0 Å². The van der Waals surface area contributed by atoms with Crippen LogP contribution in [-0.4, -0.2) is 32.3 Å². The Hall–Kier alpha value is -1.07. The second kappa shape index (κ2) is 9.48. The number of carbonyl (C=O) groups is 1. The second-order valence-corrected chi connectivity index (χ2v) is 2.39. The van der Waals surface area contributed by atoms with Gasteiger partial charge >= 0.3 is 12.4 Å². The smallest absolute Gasteiger partial charge is 0.333 e. The van der Waals surface area contributed by atoms with Crippen molar-refractivity contribution in [2.75, 3.05) is 19.8 Å². The fourth-order valence-corrected chi connectivity index (χ4v) is 0.748. The van der Waals surface area contributed by atoms with Crippen molar-refractivity contribution in [2.24, 2.45) is 0 Å². The first-order chi connectivity index (χ1) is 7.24. The molecule has 0 N–H and O–H groups in total. The summed E-state index contributed by atoms with van der Waals surface area (Å²) in [6.45, 7) is 5.88. The molecule has 0 saturated heterocycles. The van der Waals surface area contributed by atoms with Gasteiger partial charge in [0.15, 0.2) is 0 Å². The number of ether oxygens (including phenoxy) is 4. The van der Waals surface area contributed by atoms with E-state index in [1.807, 2.05) is 13.8 Å². The largest absolute Gasteiger partial charge is 0.463 e. The molecule has 88 valence electrons. The van der Waals surface area contributed by atoms with Crippen LogP contribution >= 0.6 is 0 Å². The first-order valence-corrected chi connectivity index (χ1v) is 4.96. The zero-order valence-electron chi connectivity index (χ0n) is 9.39. The lowest BCUT2D eigenvalue weighted by atomic mass is 10.6. The van der Waals surface area contributed by atoms with E-state index in [1.54, 1.807) is 6.92 Å². The Kier molecular flexibility index (Phi) is 8.81. The number of carbonyl (C=O) groups excluding carboxylic acids is 1. The van der Waals surface area contributed by atoms with E-state index in [9.17, 15) is 4.79 Å². The van der Waals surface area contributed by atoms with Gasteiger partial charge < -0.3 is 18.9 Å². The van der Waals surface area contributed by atoms with Crippen molar-refractivity contribution >= 4 is 5.97 Å². The van der Waals surface area contributed by atoms with E-state index in [1.165, 1.54) is 12.3 Å². The summed E-state index contributed by atoms with van der Waals surface area (Å²) < 4.78 is 19.8. The topological polar surface area (TPSA) is 54.0 Å². The summed E-state index contributed by atoms with van der Waals surface area (Å²) in [5.41, 5.74) is 0. The van der Waals surface area contributed by atoms with Gasteiger partial charge in [0.25, 0.3) is 0 Å². The predicted molar refractivity (Wildman–Crippen MR) is 53.9 cm³/mol. The van der Waals surface area contributed by atoms with E-state index in [0.717, 1.165) is 0 Å². The molecule has 0 spiro atoms. The summed E-state index contributed by atoms with van der Waals surface area (Å²) in [6.07, 6.45) is 2.38. The molecule has 0 aromatic carbocycles. The monoisotopic (exact) mass is 218 g/mol. The van der Waals surface area contributed by atoms with Crippen molar-refractivity contribution in [2.45, 2.75) is 27.2 Å². The highest BCUT2D eigenvalue weighted by atomic mass is 16.8. The Morgan fingerprint density at radius 3 is 2.20 bits per heavy atom. The summed E-state index contributed by atoms with van der Waals surface area (Å²) in [6, 6.07) is 0. The molecule has 0 aromatic heterocycles. The quantitative estimate of drug-likeness (QED) is 0.267. The molecule has 0 unspecified atom stereocenters. The Morgan fingerprint density at radius 2 is 1.73 bits per heavy atom. The summed E-state index contributed by atoms with van der Waals surface area (Å²) >= 11 is 0. The fourth-order valence-electron chi connectivity index (χ4n) is 0.748. The molecule has 0 aliphatic heterocycles. The van der Waals surface area contributed by atoms with Crippen LogP contribution in [0, 0.1) is 0 Å². The molecule has 0 fully saturated rings. The molecule has 0 amide bonds. The van der Waals surface area contributed by atoms with Crippen molar-refractivity contribution in [3.8, 4) is 0 Å². The number of hydrogen-bond donors (Lipinski definition) is 0. The molecule has 15 heavy (non-hydrogen) atoms. The van der Waals surface area contributed by atoms with Gasteiger partial charge in [0.1, 0.15) is 0 Å². The van der Waals surface area contributed by atoms with Crippen LogP contribution < -0.4 is 0 Å². The van der Waals surface area contributed by atoms with E-state index >= 15 is 0 Å². The van der Waals surface area contributed by atoms with Crippen LogP contribution in [0.25, 0.3) is 0 Å². The van der Waals surface area contributed by atoms with Crippen LogP contribution in [0.4, 0.5) is 0 Å². The van der Waals surface area contributed by atoms with Gasteiger partial charge in [-0.15, -0.1) is 0 Å². The maximum Gasteiger partial charge on any atom is 0.333 e. The maximum absolute atomic E-state index is 10.9. The van der Waals surface area contributed by atoms with Crippen molar-refractivity contribution in [1.82, 2.24) is 0 Å². The van der Waals surface area contributed by atoms with E-state index in [0.29, 0.717) is 19.8 Å². The van der Waals surface area contributed by atoms with Gasteiger partial charge in [-0.25, -0.2) is 4.79 Å². The van der Waals surface area contributed by atoms with Gasteiger partial charge in [0.2, 0.25) is 0 Å². The van der Waals surface area contributed by atoms with E-state index in [4.69, 9.17) is 14.2 Å². The lowest BCUT2D eigenvalue weighted by Crippen LogP contribution is -2.18. The third-order valence-corrected chi connectivity index (χ3v) is 1.29. The summed E-state index contributed by atoms with van der Waals surface area (Å²) in [5, 5.41) is 0. The molecule has 0 saturated carbocycles. The van der Waals surface area contributed by atoms with Crippen LogP contribution in [0.1, 0.15) is 20.8 Å². The normalized spacial score (nSPS) is 10.9. The predicted octanol–water partition coefficient (Wildman–Crippen LogP) is 1.44. The lowest BCUT2D eigenvalue weighted by molar-refractivity contribution is -0.261. The van der Waals surface area contributed by atoms with Crippen LogP contribution in [-0.2, 0) is 23.7 Å². The highest BCUT2D eigenvalue weighted by molar-refractivity contribution is 5.81. The highest BCUT2D eigenvalue weighted by Crippen LogP contribution is 1.98. The standard InChI is InChI=1S/C10H18O5/c1-4-12-9(11)7-8-15-10(13-5-2)14-6-3/h7-8,10H,4-6H2,1-3H3/b8-7+. The molecular formula is C10H18O5. The average molecular weight is 218 g/mol. The molecule has 0 heterocycles. The molecule has 0 aliphatic carbocycles. The minimum Gasteiger partial charge on any atom is -0.463 e. The second-order valence-electron chi connectivity index (χ2n) is 2.39. The molecule has 0 aromatic rings. The highest BCUT2D eigenvalue weighted by Gasteiger charge is 2.05. The number of rotatable bonds is 8. The number of hydrogen-bond acceptors (Lipinski definition) is 5. The van der Waals surface area contributed by atoms with Gasteiger partial charge in [-0.2, -0.15) is 0 Å². The zero-order chi connectivity index (χ0) is 11.5. The van der Waals surface area contributed by atoms with Gasteiger partial charge in [-0.1, -0.05) is 0 Å². The Labute approximate surface area is 89.9 Å². The number of esters is 1. The Morgan fingerprint density at radius 1 is 1.13 bits per heavy atom. The van der Waals surface area contributed by atoms with E-state index in [2.05, 4.69) is 4.74 Å².